The first-order valence-electron chi connectivity index (χ1n) is 9.01. The van der Waals surface area contributed by atoms with Gasteiger partial charge in [0.1, 0.15) is 0 Å². The molecule has 2 heterocycles. The van der Waals surface area contributed by atoms with Crippen LogP contribution in [0.4, 0.5) is 5.69 Å². The molecule has 0 aliphatic carbocycles. The van der Waals surface area contributed by atoms with Gasteiger partial charge in [0.2, 0.25) is 5.91 Å². The van der Waals surface area contributed by atoms with Crippen LogP contribution in [0.5, 0.6) is 0 Å². The molecule has 0 bridgehead atoms. The van der Waals surface area contributed by atoms with Gasteiger partial charge < -0.3 is 10.0 Å². The average molecular weight is 336 g/mol. The Morgan fingerprint density at radius 3 is 2.16 bits per heavy atom. The first-order valence-corrected chi connectivity index (χ1v) is 9.01. The Hall–Kier alpha value is -2.17. The number of carbonyl (C=O) groups excluding carboxylic acids is 1. The van der Waals surface area contributed by atoms with Crippen molar-refractivity contribution in [3.8, 4) is 0 Å². The van der Waals surface area contributed by atoms with Gasteiger partial charge in [-0.05, 0) is 30.5 Å². The lowest BCUT2D eigenvalue weighted by molar-refractivity contribution is -0.140. The molecular weight excluding hydrogens is 312 g/mol. The van der Waals surface area contributed by atoms with Crippen molar-refractivity contribution in [2.75, 3.05) is 24.6 Å². The molecule has 130 valence electrons. The van der Waals surface area contributed by atoms with Gasteiger partial charge in [-0.25, -0.2) is 0 Å². The molecule has 2 fully saturated rings. The van der Waals surface area contributed by atoms with Crippen molar-refractivity contribution in [2.45, 2.75) is 24.9 Å². The second-order valence-corrected chi connectivity index (χ2v) is 7.11. The zero-order chi connectivity index (χ0) is 17.3. The minimum Gasteiger partial charge on any atom is -0.395 e. The number of likely N-dealkylation sites (tertiary alicyclic amines) is 1. The Morgan fingerprint density at radius 1 is 0.960 bits per heavy atom. The number of β-lactam (4-membered cyclic amide) rings is 1. The summed E-state index contributed by atoms with van der Waals surface area (Å²) in [5.41, 5.74) is 2.05. The third-order valence-electron chi connectivity index (χ3n) is 5.78. The molecule has 1 spiro atoms. The molecule has 2 aliphatic rings. The fourth-order valence-electron chi connectivity index (χ4n) is 4.42. The monoisotopic (exact) mass is 336 g/mol. The van der Waals surface area contributed by atoms with E-state index in [1.54, 1.807) is 0 Å². The largest absolute Gasteiger partial charge is 0.395 e. The van der Waals surface area contributed by atoms with E-state index < -0.39 is 0 Å². The number of hydrogen-bond acceptors (Lipinski definition) is 3. The van der Waals surface area contributed by atoms with Gasteiger partial charge in [-0.1, -0.05) is 48.5 Å². The maximum Gasteiger partial charge on any atom is 0.235 e. The number of aliphatic hydroxyl groups excluding tert-OH is 1. The molecule has 25 heavy (non-hydrogen) atoms. The third kappa shape index (κ3) is 2.75. The minimum absolute atomic E-state index is 0.0547. The highest BCUT2D eigenvalue weighted by molar-refractivity contribution is 6.05. The Kier molecular flexibility index (Phi) is 4.32. The lowest BCUT2D eigenvalue weighted by atomic mass is 9.67. The van der Waals surface area contributed by atoms with E-state index in [0.717, 1.165) is 38.2 Å². The van der Waals surface area contributed by atoms with E-state index in [2.05, 4.69) is 29.2 Å². The average Bonchev–Trinajstić information content (AvgIpc) is 2.65. The predicted octanol–water partition coefficient (Wildman–Crippen LogP) is 2.68. The lowest BCUT2D eigenvalue weighted by Gasteiger charge is -2.60. The molecule has 4 heteroatoms. The molecular formula is C21H24N2O2. The number of carbonyl (C=O) groups is 1. The molecule has 0 saturated carbocycles. The second kappa shape index (κ2) is 6.62. The normalized spacial score (nSPS) is 22.8. The smallest absolute Gasteiger partial charge is 0.235 e. The zero-order valence-electron chi connectivity index (χ0n) is 14.3. The van der Waals surface area contributed by atoms with Crippen LogP contribution in [0.25, 0.3) is 0 Å². The summed E-state index contributed by atoms with van der Waals surface area (Å²) in [6.45, 7) is 2.78. The van der Waals surface area contributed by atoms with Crippen LogP contribution in [0.1, 0.15) is 18.4 Å². The zero-order valence-corrected chi connectivity index (χ0v) is 14.3. The summed E-state index contributed by atoms with van der Waals surface area (Å²) in [6, 6.07) is 20.4. The maximum absolute atomic E-state index is 12.6. The van der Waals surface area contributed by atoms with Gasteiger partial charge in [-0.15, -0.1) is 0 Å². The SMILES string of the molecule is O=C1C(CO)C2(CCN(Cc3ccccc3)CC2)N1c1ccccc1. The van der Waals surface area contributed by atoms with Crippen molar-refractivity contribution in [1.82, 2.24) is 4.90 Å². The number of amides is 1. The van der Waals surface area contributed by atoms with Crippen LogP contribution in [0, 0.1) is 5.92 Å². The Balaban J connectivity index is 1.50. The van der Waals surface area contributed by atoms with Crippen molar-refractivity contribution in [2.24, 2.45) is 5.92 Å². The molecule has 4 nitrogen and oxygen atoms in total. The van der Waals surface area contributed by atoms with Gasteiger partial charge in [0.25, 0.3) is 0 Å². The topological polar surface area (TPSA) is 43.8 Å². The summed E-state index contributed by atoms with van der Waals surface area (Å²) in [7, 11) is 0. The first-order chi connectivity index (χ1) is 12.2. The number of aliphatic hydroxyl groups is 1. The van der Waals surface area contributed by atoms with E-state index in [1.165, 1.54) is 5.56 Å². The van der Waals surface area contributed by atoms with E-state index in [1.807, 2.05) is 41.3 Å². The molecule has 0 radical (unpaired) electrons. The van der Waals surface area contributed by atoms with E-state index >= 15 is 0 Å². The van der Waals surface area contributed by atoms with Gasteiger partial charge in [-0.2, -0.15) is 0 Å². The summed E-state index contributed by atoms with van der Waals surface area (Å²) < 4.78 is 0. The number of piperidine rings is 1. The Bertz CT molecular complexity index is 724. The van der Waals surface area contributed by atoms with Gasteiger partial charge in [-0.3, -0.25) is 9.69 Å². The molecule has 1 N–H and O–H groups in total. The van der Waals surface area contributed by atoms with Gasteiger partial charge in [0.15, 0.2) is 0 Å². The van der Waals surface area contributed by atoms with Gasteiger partial charge in [0, 0.05) is 25.3 Å². The van der Waals surface area contributed by atoms with Gasteiger partial charge in [0.05, 0.1) is 18.1 Å². The van der Waals surface area contributed by atoms with Crippen molar-refractivity contribution in [3.05, 3.63) is 66.2 Å². The standard InChI is InChI=1S/C21H24N2O2/c24-16-19-20(25)23(18-9-5-2-6-10-18)21(19)11-13-22(14-12-21)15-17-7-3-1-4-8-17/h1-10,19,24H,11-16H2. The van der Waals surface area contributed by atoms with E-state index in [-0.39, 0.29) is 24.0 Å². The van der Waals surface area contributed by atoms with Crippen LogP contribution in [0.2, 0.25) is 0 Å². The molecule has 2 saturated heterocycles. The molecule has 0 aromatic heterocycles. The third-order valence-corrected chi connectivity index (χ3v) is 5.78. The summed E-state index contributed by atoms with van der Waals surface area (Å²) >= 11 is 0. The number of hydrogen-bond donors (Lipinski definition) is 1. The molecule has 4 rings (SSSR count). The van der Waals surface area contributed by atoms with E-state index in [4.69, 9.17) is 0 Å². The number of rotatable bonds is 4. The summed E-state index contributed by atoms with van der Waals surface area (Å²) in [4.78, 5) is 17.0. The number of anilines is 1. The highest BCUT2D eigenvalue weighted by Crippen LogP contribution is 2.48. The molecule has 2 aromatic rings. The molecule has 2 aromatic carbocycles. The Labute approximate surface area is 148 Å². The molecule has 1 atom stereocenters. The lowest BCUT2D eigenvalue weighted by Crippen LogP contribution is -2.75. The molecule has 2 aliphatic heterocycles. The van der Waals surface area contributed by atoms with E-state index in [0.29, 0.717) is 0 Å². The van der Waals surface area contributed by atoms with Crippen LogP contribution in [-0.4, -0.2) is 41.1 Å². The van der Waals surface area contributed by atoms with Crippen LogP contribution in [-0.2, 0) is 11.3 Å². The van der Waals surface area contributed by atoms with Crippen LogP contribution in [0.15, 0.2) is 60.7 Å². The summed E-state index contributed by atoms with van der Waals surface area (Å²) in [6.07, 6.45) is 1.82. The maximum atomic E-state index is 12.6. The van der Waals surface area contributed by atoms with E-state index in [9.17, 15) is 9.90 Å². The highest BCUT2D eigenvalue weighted by atomic mass is 16.3. The fraction of sp³-hybridized carbons (Fsp3) is 0.381. The molecule has 1 amide bonds. The second-order valence-electron chi connectivity index (χ2n) is 7.11. The minimum atomic E-state index is -0.258. The summed E-state index contributed by atoms with van der Waals surface area (Å²) in [5, 5.41) is 9.78. The highest BCUT2D eigenvalue weighted by Gasteiger charge is 2.60. The van der Waals surface area contributed by atoms with Crippen molar-refractivity contribution >= 4 is 11.6 Å². The van der Waals surface area contributed by atoms with Gasteiger partial charge >= 0.3 is 0 Å². The first kappa shape index (κ1) is 16.3. The quantitative estimate of drug-likeness (QED) is 0.873. The number of nitrogens with zero attached hydrogens (tertiary/aromatic N) is 2. The fourth-order valence-corrected chi connectivity index (χ4v) is 4.42. The number of para-hydroxylation sites is 1. The van der Waals surface area contributed by atoms with Crippen LogP contribution < -0.4 is 4.90 Å². The predicted molar refractivity (Wildman–Crippen MR) is 98.2 cm³/mol. The summed E-state index contributed by atoms with van der Waals surface area (Å²) in [5.74, 6) is -0.197. The van der Waals surface area contributed by atoms with Crippen molar-refractivity contribution < 1.29 is 9.90 Å². The van der Waals surface area contributed by atoms with Crippen LogP contribution >= 0.6 is 0 Å². The van der Waals surface area contributed by atoms with Crippen molar-refractivity contribution in [3.63, 3.8) is 0 Å². The number of benzene rings is 2. The Morgan fingerprint density at radius 2 is 1.56 bits per heavy atom. The van der Waals surface area contributed by atoms with Crippen molar-refractivity contribution in [1.29, 1.82) is 0 Å². The van der Waals surface area contributed by atoms with Crippen LogP contribution in [0.3, 0.4) is 0 Å². The molecule has 1 unspecified atom stereocenters.